The Hall–Kier alpha value is -3.91. The molecule has 0 radical (unpaired) electrons. The first-order valence-electron chi connectivity index (χ1n) is 17.6. The minimum atomic E-state index is -3.00. The van der Waals surface area contributed by atoms with Crippen LogP contribution in [0.15, 0.2) is 12.1 Å². The molecule has 4 N–H and O–H groups in total. The summed E-state index contributed by atoms with van der Waals surface area (Å²) in [5.41, 5.74) is -1.10. The van der Waals surface area contributed by atoms with Gasteiger partial charge in [-0.25, -0.2) is 27.2 Å². The lowest BCUT2D eigenvalue weighted by atomic mass is 9.79. The Morgan fingerprint density at radius 3 is 2.12 bits per heavy atom. The number of alkyl carbamates (subject to hydrolysis) is 1. The smallest absolute Gasteiger partial charge is 0.408 e. The van der Waals surface area contributed by atoms with Gasteiger partial charge in [0.25, 0.3) is 0 Å². The summed E-state index contributed by atoms with van der Waals surface area (Å²) in [4.78, 5) is 66.2. The Labute approximate surface area is 289 Å². The van der Waals surface area contributed by atoms with Gasteiger partial charge >= 0.3 is 12.1 Å². The van der Waals surface area contributed by atoms with Crippen LogP contribution in [0.2, 0.25) is 0 Å². The van der Waals surface area contributed by atoms with Crippen molar-refractivity contribution in [2.75, 3.05) is 13.1 Å². The number of rotatable bonds is 14. The fraction of sp³-hybridized carbons (Fsp3) is 0.686. The van der Waals surface area contributed by atoms with Gasteiger partial charge in [-0.05, 0) is 68.4 Å². The summed E-state index contributed by atoms with van der Waals surface area (Å²) >= 11 is 0. The number of amides is 4. The van der Waals surface area contributed by atoms with Gasteiger partial charge in [0.15, 0.2) is 0 Å². The summed E-state index contributed by atoms with van der Waals surface area (Å²) in [6.45, 7) is 3.34. The van der Waals surface area contributed by atoms with Gasteiger partial charge in [0.05, 0.1) is 5.56 Å². The van der Waals surface area contributed by atoms with Crippen molar-refractivity contribution in [2.24, 2.45) is 17.8 Å². The SMILES string of the molecule is CC(C)[C@H](NC(=O)OC1CCCC1)C(=O)N1C[C@H](C2CCCCC2)C[C@H]1C(=O)N[C@@H](CC(F)F)C(=O)NCCc1c(F)cc(C(=O)O)cc1F. The number of nitrogens with one attached hydrogen (secondary N) is 3. The lowest BCUT2D eigenvalue weighted by Crippen LogP contribution is -2.57. The number of halogens is 4. The first kappa shape index (κ1) is 38.9. The molecular weight excluding hydrogens is 664 g/mol. The number of benzene rings is 1. The van der Waals surface area contributed by atoms with E-state index in [0.717, 1.165) is 57.8 Å². The lowest BCUT2D eigenvalue weighted by molar-refractivity contribution is -0.141. The maximum Gasteiger partial charge on any atom is 0.408 e. The van der Waals surface area contributed by atoms with Crippen LogP contribution in [0.3, 0.4) is 0 Å². The molecular formula is C35H48F4N4O7. The molecule has 11 nitrogen and oxygen atoms in total. The number of carboxylic acid groups (broad SMARTS) is 1. The highest BCUT2D eigenvalue weighted by Gasteiger charge is 2.46. The molecule has 2 saturated carbocycles. The Kier molecular flexibility index (Phi) is 13.9. The maximum absolute atomic E-state index is 14.4. The first-order valence-corrected chi connectivity index (χ1v) is 17.6. The van der Waals surface area contributed by atoms with Crippen LogP contribution >= 0.6 is 0 Å². The minimum absolute atomic E-state index is 0.0482. The molecule has 1 heterocycles. The number of alkyl halides is 2. The zero-order valence-corrected chi connectivity index (χ0v) is 28.5. The average molecular weight is 713 g/mol. The summed E-state index contributed by atoms with van der Waals surface area (Å²) in [5, 5.41) is 16.4. The van der Waals surface area contributed by atoms with Gasteiger partial charge in [0.1, 0.15) is 35.9 Å². The third-order valence-corrected chi connectivity index (χ3v) is 10.1. The van der Waals surface area contributed by atoms with E-state index in [1.54, 1.807) is 13.8 Å². The fourth-order valence-corrected chi connectivity index (χ4v) is 7.40. The minimum Gasteiger partial charge on any atom is -0.478 e. The van der Waals surface area contributed by atoms with E-state index in [9.17, 15) is 41.5 Å². The number of ether oxygens (including phenoxy) is 1. The summed E-state index contributed by atoms with van der Waals surface area (Å²) in [6, 6.07) is -2.56. The topological polar surface area (TPSA) is 154 Å². The van der Waals surface area contributed by atoms with E-state index >= 15 is 0 Å². The molecule has 0 aromatic heterocycles. The molecule has 4 atom stereocenters. The van der Waals surface area contributed by atoms with Crippen molar-refractivity contribution in [1.82, 2.24) is 20.9 Å². The highest BCUT2D eigenvalue weighted by Crippen LogP contribution is 2.38. The number of likely N-dealkylation sites (tertiary alicyclic amines) is 1. The highest BCUT2D eigenvalue weighted by atomic mass is 19.3. The number of nitrogens with zero attached hydrogens (tertiary/aromatic N) is 1. The summed E-state index contributed by atoms with van der Waals surface area (Å²) in [5.74, 6) is -6.31. The Morgan fingerprint density at radius 1 is 0.920 bits per heavy atom. The molecule has 0 bridgehead atoms. The number of carbonyl (C=O) groups is 5. The molecule has 4 rings (SSSR count). The zero-order chi connectivity index (χ0) is 36.5. The van der Waals surface area contributed by atoms with E-state index < -0.39 is 96.5 Å². The Bertz CT molecular complexity index is 1360. The van der Waals surface area contributed by atoms with E-state index in [0.29, 0.717) is 12.1 Å². The largest absolute Gasteiger partial charge is 0.478 e. The van der Waals surface area contributed by atoms with Gasteiger partial charge in [-0.15, -0.1) is 0 Å². The fourth-order valence-electron chi connectivity index (χ4n) is 7.40. The molecule has 1 saturated heterocycles. The summed E-state index contributed by atoms with van der Waals surface area (Å²) in [6.07, 6.45) is 3.20. The van der Waals surface area contributed by atoms with Crippen LogP contribution < -0.4 is 16.0 Å². The van der Waals surface area contributed by atoms with Crippen molar-refractivity contribution in [3.05, 3.63) is 34.9 Å². The standard InChI is InChI=1S/C35H48F4N4O7/c1-19(2)30(42-35(49)50-23-10-6-7-11-23)33(46)43-18-22(20-8-4-3-5-9-20)16-28(43)32(45)41-27(17-29(38)39)31(44)40-13-12-24-25(36)14-21(34(47)48)15-26(24)37/h14-15,19-20,22-23,27-30H,3-13,16-18H2,1-2H3,(H,40,44)(H,41,45)(H,42,49)(H,47,48)/t22-,27+,28+,30+/m1/s1. The molecule has 2 aliphatic carbocycles. The van der Waals surface area contributed by atoms with Crippen LogP contribution in [0.5, 0.6) is 0 Å². The van der Waals surface area contributed by atoms with Crippen LogP contribution in [0.4, 0.5) is 22.4 Å². The zero-order valence-electron chi connectivity index (χ0n) is 28.5. The third kappa shape index (κ3) is 10.3. The van der Waals surface area contributed by atoms with E-state index in [4.69, 9.17) is 9.84 Å². The monoisotopic (exact) mass is 712 g/mol. The summed E-state index contributed by atoms with van der Waals surface area (Å²) in [7, 11) is 0. The molecule has 278 valence electrons. The van der Waals surface area contributed by atoms with Gasteiger partial charge < -0.3 is 30.7 Å². The van der Waals surface area contributed by atoms with Crippen molar-refractivity contribution >= 4 is 29.8 Å². The normalized spacial score (nSPS) is 21.2. The van der Waals surface area contributed by atoms with Crippen molar-refractivity contribution < 1.29 is 51.4 Å². The number of carboxylic acids is 1. The molecule has 50 heavy (non-hydrogen) atoms. The molecule has 3 aliphatic rings. The lowest BCUT2D eigenvalue weighted by Gasteiger charge is -2.31. The average Bonchev–Trinajstić information content (AvgIpc) is 3.75. The second-order valence-corrected chi connectivity index (χ2v) is 14.0. The molecule has 1 aliphatic heterocycles. The number of hydrogen-bond acceptors (Lipinski definition) is 6. The number of hydrogen-bond donors (Lipinski definition) is 4. The molecule has 3 fully saturated rings. The van der Waals surface area contributed by atoms with Crippen molar-refractivity contribution in [1.29, 1.82) is 0 Å². The van der Waals surface area contributed by atoms with Gasteiger partial charge in [-0.3, -0.25) is 14.4 Å². The van der Waals surface area contributed by atoms with Gasteiger partial charge in [0, 0.05) is 25.1 Å². The van der Waals surface area contributed by atoms with Crippen molar-refractivity contribution in [3.8, 4) is 0 Å². The maximum atomic E-state index is 14.4. The van der Waals surface area contributed by atoms with Gasteiger partial charge in [-0.1, -0.05) is 46.0 Å². The molecule has 0 spiro atoms. The van der Waals surface area contributed by atoms with E-state index in [1.165, 1.54) is 4.90 Å². The van der Waals surface area contributed by atoms with Crippen LogP contribution in [-0.2, 0) is 25.5 Å². The van der Waals surface area contributed by atoms with E-state index in [-0.39, 0.29) is 36.8 Å². The summed E-state index contributed by atoms with van der Waals surface area (Å²) < 4.78 is 61.6. The number of carbonyl (C=O) groups excluding carboxylic acids is 4. The van der Waals surface area contributed by atoms with Crippen LogP contribution in [0.25, 0.3) is 0 Å². The van der Waals surface area contributed by atoms with E-state index in [2.05, 4.69) is 16.0 Å². The molecule has 4 amide bonds. The Morgan fingerprint density at radius 2 is 1.54 bits per heavy atom. The van der Waals surface area contributed by atoms with Crippen molar-refractivity contribution in [3.63, 3.8) is 0 Å². The predicted molar refractivity (Wildman–Crippen MR) is 173 cm³/mol. The van der Waals surface area contributed by atoms with E-state index in [1.807, 2.05) is 0 Å². The molecule has 1 aromatic carbocycles. The van der Waals surface area contributed by atoms with Gasteiger partial charge in [0.2, 0.25) is 24.1 Å². The first-order chi connectivity index (χ1) is 23.7. The quantitative estimate of drug-likeness (QED) is 0.199. The second-order valence-electron chi connectivity index (χ2n) is 14.0. The van der Waals surface area contributed by atoms with Crippen LogP contribution in [-0.4, -0.2) is 83.5 Å². The highest BCUT2D eigenvalue weighted by molar-refractivity contribution is 5.94. The molecule has 1 aromatic rings. The second kappa shape index (κ2) is 17.8. The Balaban J connectivity index is 1.47. The van der Waals surface area contributed by atoms with Crippen molar-refractivity contribution in [2.45, 2.75) is 122 Å². The van der Waals surface area contributed by atoms with Gasteiger partial charge in [-0.2, -0.15) is 0 Å². The third-order valence-electron chi connectivity index (χ3n) is 10.1. The molecule has 15 heteroatoms. The van der Waals surface area contributed by atoms with Crippen LogP contribution in [0, 0.1) is 29.4 Å². The predicted octanol–water partition coefficient (Wildman–Crippen LogP) is 4.95. The molecule has 0 unspecified atom stereocenters. The number of aromatic carboxylic acids is 1. The van der Waals surface area contributed by atoms with Crippen LogP contribution in [0.1, 0.15) is 100 Å².